The van der Waals surface area contributed by atoms with Crippen LogP contribution in [0.2, 0.25) is 0 Å². The molecule has 0 bridgehead atoms. The smallest absolute Gasteiger partial charge is 0.166 e. The van der Waals surface area contributed by atoms with Crippen LogP contribution in [0, 0.1) is 23.7 Å². The van der Waals surface area contributed by atoms with E-state index in [1.165, 1.54) is 76.3 Å². The fraction of sp³-hybridized carbons (Fsp3) is 0.750. The lowest BCUT2D eigenvalue weighted by molar-refractivity contribution is -0.137. The first-order valence-corrected chi connectivity index (χ1v) is 11.1. The molecule has 0 nitrogen and oxygen atoms in total. The molecule has 0 aliphatic heterocycles. The number of benzene rings is 1. The van der Waals surface area contributed by atoms with Gasteiger partial charge in [0.2, 0.25) is 0 Å². The second kappa shape index (κ2) is 9.47. The van der Waals surface area contributed by atoms with Gasteiger partial charge in [-0.05, 0) is 79.9 Å². The van der Waals surface area contributed by atoms with Crippen molar-refractivity contribution in [1.29, 1.82) is 0 Å². The molecule has 3 heteroatoms. The van der Waals surface area contributed by atoms with Crippen LogP contribution in [-0.2, 0) is 12.6 Å². The van der Waals surface area contributed by atoms with Crippen molar-refractivity contribution in [3.63, 3.8) is 0 Å². The Morgan fingerprint density at radius 2 is 1.22 bits per heavy atom. The van der Waals surface area contributed by atoms with E-state index in [0.29, 0.717) is 0 Å². The molecule has 0 aromatic heterocycles. The minimum absolute atomic E-state index is 0.541. The van der Waals surface area contributed by atoms with Gasteiger partial charge in [-0.3, -0.25) is 0 Å². The van der Waals surface area contributed by atoms with Gasteiger partial charge in [-0.25, -0.2) is 0 Å². The van der Waals surface area contributed by atoms with Gasteiger partial charge in [-0.15, -0.1) is 0 Å². The van der Waals surface area contributed by atoms with E-state index in [1.807, 2.05) is 0 Å². The molecular formula is C24H35F3. The van der Waals surface area contributed by atoms with E-state index in [1.54, 1.807) is 12.1 Å². The van der Waals surface area contributed by atoms with Crippen LogP contribution in [0.5, 0.6) is 0 Å². The monoisotopic (exact) mass is 380 g/mol. The normalized spacial score (nSPS) is 29.6. The van der Waals surface area contributed by atoms with Crippen LogP contribution in [0.1, 0.15) is 88.7 Å². The topological polar surface area (TPSA) is 0 Å². The van der Waals surface area contributed by atoms with Crippen LogP contribution in [-0.4, -0.2) is 0 Å². The third-order valence-electron chi connectivity index (χ3n) is 7.27. The third-order valence-corrected chi connectivity index (χ3v) is 7.27. The van der Waals surface area contributed by atoms with Crippen LogP contribution >= 0.6 is 0 Å². The average Bonchev–Trinajstić information content (AvgIpc) is 2.67. The molecule has 2 aliphatic carbocycles. The number of hydrogen-bond donors (Lipinski definition) is 0. The van der Waals surface area contributed by atoms with Crippen molar-refractivity contribution in [2.75, 3.05) is 0 Å². The predicted octanol–water partition coefficient (Wildman–Crippen LogP) is 8.05. The van der Waals surface area contributed by atoms with E-state index in [-0.39, 0.29) is 0 Å². The molecule has 0 atom stereocenters. The summed E-state index contributed by atoms with van der Waals surface area (Å²) in [6.45, 7) is 2.30. The molecule has 0 unspecified atom stereocenters. The molecule has 3 rings (SSSR count). The highest BCUT2D eigenvalue weighted by Gasteiger charge is 2.31. The highest BCUT2D eigenvalue weighted by Crippen LogP contribution is 2.43. The second-order valence-corrected chi connectivity index (χ2v) is 9.08. The summed E-state index contributed by atoms with van der Waals surface area (Å²) in [5.41, 5.74) is 0.500. The molecule has 1 aromatic carbocycles. The highest BCUT2D eigenvalue weighted by atomic mass is 19.4. The summed E-state index contributed by atoms with van der Waals surface area (Å²) in [6, 6.07) is 5.76. The summed E-state index contributed by atoms with van der Waals surface area (Å²) >= 11 is 0. The number of rotatable bonds is 6. The highest BCUT2D eigenvalue weighted by molar-refractivity contribution is 5.24. The Morgan fingerprint density at radius 3 is 1.67 bits per heavy atom. The van der Waals surface area contributed by atoms with Crippen LogP contribution in [0.15, 0.2) is 24.3 Å². The standard InChI is InChI=1S/C24H35F3/c1-2-3-18-6-12-21(13-7-18)22-14-8-19(9-15-22)4-5-20-10-16-23(17-11-20)24(25,26)27/h10-11,16-19,21-22H,2-9,12-15H2,1H3. The summed E-state index contributed by atoms with van der Waals surface area (Å²) in [7, 11) is 0. The molecule has 2 saturated carbocycles. The first-order valence-electron chi connectivity index (χ1n) is 11.1. The van der Waals surface area contributed by atoms with Crippen molar-refractivity contribution in [1.82, 2.24) is 0 Å². The summed E-state index contributed by atoms with van der Waals surface area (Å²) in [4.78, 5) is 0. The maximum atomic E-state index is 12.6. The molecule has 0 saturated heterocycles. The fourth-order valence-electron chi connectivity index (χ4n) is 5.54. The summed E-state index contributed by atoms with van der Waals surface area (Å²) in [5, 5.41) is 0. The number of alkyl halides is 3. The Kier molecular flexibility index (Phi) is 7.28. The zero-order valence-corrected chi connectivity index (χ0v) is 16.7. The van der Waals surface area contributed by atoms with Crippen LogP contribution in [0.3, 0.4) is 0 Å². The average molecular weight is 381 g/mol. The van der Waals surface area contributed by atoms with Crippen molar-refractivity contribution in [3.05, 3.63) is 35.4 Å². The number of aryl methyl sites for hydroxylation is 1. The lowest BCUT2D eigenvalue weighted by Crippen LogP contribution is -2.26. The second-order valence-electron chi connectivity index (χ2n) is 9.08. The van der Waals surface area contributed by atoms with Crippen molar-refractivity contribution < 1.29 is 13.2 Å². The largest absolute Gasteiger partial charge is 0.416 e. The van der Waals surface area contributed by atoms with E-state index in [2.05, 4.69) is 6.92 Å². The Hall–Kier alpha value is -0.990. The van der Waals surface area contributed by atoms with Crippen molar-refractivity contribution in [2.24, 2.45) is 23.7 Å². The minimum atomic E-state index is -4.23. The molecule has 152 valence electrons. The zero-order chi connectivity index (χ0) is 19.3. The van der Waals surface area contributed by atoms with Gasteiger partial charge < -0.3 is 0 Å². The van der Waals surface area contributed by atoms with E-state index in [4.69, 9.17) is 0 Å². The summed E-state index contributed by atoms with van der Waals surface area (Å²) < 4.78 is 37.9. The van der Waals surface area contributed by atoms with Gasteiger partial charge in [0.25, 0.3) is 0 Å². The van der Waals surface area contributed by atoms with Crippen molar-refractivity contribution >= 4 is 0 Å². The summed E-state index contributed by atoms with van der Waals surface area (Å²) in [6.07, 6.45) is 11.8. The Labute approximate surface area is 162 Å². The molecule has 0 amide bonds. The van der Waals surface area contributed by atoms with Gasteiger partial charge >= 0.3 is 6.18 Å². The van der Waals surface area contributed by atoms with Crippen molar-refractivity contribution in [2.45, 2.75) is 90.1 Å². The quantitative estimate of drug-likeness (QED) is 0.468. The molecule has 2 fully saturated rings. The van der Waals surface area contributed by atoms with Crippen molar-refractivity contribution in [3.8, 4) is 0 Å². The number of halogens is 3. The molecule has 1 aromatic rings. The van der Waals surface area contributed by atoms with Crippen LogP contribution < -0.4 is 0 Å². The van der Waals surface area contributed by atoms with E-state index < -0.39 is 11.7 Å². The predicted molar refractivity (Wildman–Crippen MR) is 106 cm³/mol. The molecule has 27 heavy (non-hydrogen) atoms. The summed E-state index contributed by atoms with van der Waals surface area (Å²) in [5.74, 6) is 3.66. The molecule has 0 heterocycles. The first-order chi connectivity index (χ1) is 13.0. The third kappa shape index (κ3) is 5.99. The maximum Gasteiger partial charge on any atom is 0.416 e. The maximum absolute atomic E-state index is 12.6. The molecule has 0 spiro atoms. The fourth-order valence-corrected chi connectivity index (χ4v) is 5.54. The van der Waals surface area contributed by atoms with Gasteiger partial charge in [-0.2, -0.15) is 13.2 Å². The van der Waals surface area contributed by atoms with Gasteiger partial charge in [0.15, 0.2) is 0 Å². The lowest BCUT2D eigenvalue weighted by Gasteiger charge is -2.38. The van der Waals surface area contributed by atoms with E-state index in [9.17, 15) is 13.2 Å². The lowest BCUT2D eigenvalue weighted by atomic mass is 9.68. The Balaban J connectivity index is 1.37. The molecule has 0 N–H and O–H groups in total. The van der Waals surface area contributed by atoms with Gasteiger partial charge in [0.05, 0.1) is 5.56 Å². The van der Waals surface area contributed by atoms with Gasteiger partial charge in [0.1, 0.15) is 0 Å². The first kappa shape index (κ1) is 20.7. The molecule has 2 aliphatic rings. The van der Waals surface area contributed by atoms with Crippen LogP contribution in [0.25, 0.3) is 0 Å². The minimum Gasteiger partial charge on any atom is -0.166 e. The SMILES string of the molecule is CCCC1CCC(C2CCC(CCc3ccc(C(F)(F)F)cc3)CC2)CC1. The molecule has 0 radical (unpaired) electrons. The molecular weight excluding hydrogens is 345 g/mol. The van der Waals surface area contributed by atoms with E-state index >= 15 is 0 Å². The van der Waals surface area contributed by atoms with Crippen LogP contribution in [0.4, 0.5) is 13.2 Å². The van der Waals surface area contributed by atoms with E-state index in [0.717, 1.165) is 42.1 Å². The van der Waals surface area contributed by atoms with Gasteiger partial charge in [-0.1, -0.05) is 57.6 Å². The number of hydrogen-bond acceptors (Lipinski definition) is 0. The Morgan fingerprint density at radius 1 is 0.741 bits per heavy atom. The zero-order valence-electron chi connectivity index (χ0n) is 16.7. The van der Waals surface area contributed by atoms with Gasteiger partial charge in [0, 0.05) is 0 Å². The Bertz CT molecular complexity index is 544.